The molecule has 41 heavy (non-hydrogen) atoms. The second-order valence-electron chi connectivity index (χ2n) is 9.87. The van der Waals surface area contributed by atoms with Gasteiger partial charge in [0.15, 0.2) is 0 Å². The summed E-state index contributed by atoms with van der Waals surface area (Å²) in [5.74, 6) is -4.60. The molecule has 228 valence electrons. The van der Waals surface area contributed by atoms with E-state index >= 15 is 0 Å². The predicted molar refractivity (Wildman–Crippen MR) is 146 cm³/mol. The number of hydrogen-bond acceptors (Lipinski definition) is 10. The number of hydrogen-bond donors (Lipinski definition) is 5. The summed E-state index contributed by atoms with van der Waals surface area (Å²) >= 11 is 0. The van der Waals surface area contributed by atoms with Crippen LogP contribution >= 0.6 is 0 Å². The summed E-state index contributed by atoms with van der Waals surface area (Å²) in [6.45, 7) is 0.130. The highest BCUT2D eigenvalue weighted by Gasteiger charge is 2.27. The van der Waals surface area contributed by atoms with Crippen molar-refractivity contribution >= 4 is 35.5 Å². The van der Waals surface area contributed by atoms with E-state index in [1.807, 2.05) is 0 Å². The quantitative estimate of drug-likeness (QED) is 0.185. The van der Waals surface area contributed by atoms with E-state index in [9.17, 15) is 44.4 Å². The number of rotatable bonds is 13. The first kappa shape index (κ1) is 33.6. The van der Waals surface area contributed by atoms with Gasteiger partial charge in [0.1, 0.15) is 6.61 Å². The third-order valence-corrected chi connectivity index (χ3v) is 6.55. The van der Waals surface area contributed by atoms with Crippen molar-refractivity contribution in [3.63, 3.8) is 0 Å². The Balaban J connectivity index is 2.37. The first-order valence-electron chi connectivity index (χ1n) is 13.1. The molecular formula is C26H39N5O10. The second-order valence-corrected chi connectivity index (χ2v) is 9.87. The van der Waals surface area contributed by atoms with E-state index in [1.165, 1.54) is 7.11 Å². The van der Waals surface area contributed by atoms with Crippen LogP contribution in [0.3, 0.4) is 0 Å². The number of benzene rings is 1. The molecule has 1 aliphatic rings. The first-order chi connectivity index (χ1) is 19.4. The maximum Gasteiger partial charge on any atom is 0.317 e. The predicted octanol–water partition coefficient (Wildman–Crippen LogP) is -1.26. The molecule has 0 spiro atoms. The van der Waals surface area contributed by atoms with E-state index in [4.69, 9.17) is 4.74 Å². The lowest BCUT2D eigenvalue weighted by molar-refractivity contribution is -0.142. The number of ether oxygens (including phenoxy) is 1. The number of carboxylic acids is 4. The van der Waals surface area contributed by atoms with Gasteiger partial charge in [0.05, 0.1) is 26.2 Å². The maximum atomic E-state index is 11.8. The number of amides is 1. The number of nitrogens with one attached hydrogen (secondary N) is 1. The lowest BCUT2D eigenvalue weighted by Crippen LogP contribution is -2.53. The zero-order valence-corrected chi connectivity index (χ0v) is 23.1. The maximum absolute atomic E-state index is 11.8. The van der Waals surface area contributed by atoms with E-state index in [0.29, 0.717) is 12.1 Å². The fraction of sp³-hybridized carbons (Fsp3) is 0.577. The van der Waals surface area contributed by atoms with Gasteiger partial charge in [-0.25, -0.2) is 0 Å². The molecule has 0 aliphatic carbocycles. The molecular weight excluding hydrogens is 542 g/mol. The van der Waals surface area contributed by atoms with E-state index in [0.717, 1.165) is 5.56 Å². The Morgan fingerprint density at radius 2 is 1.20 bits per heavy atom. The van der Waals surface area contributed by atoms with Crippen LogP contribution in [0.1, 0.15) is 5.56 Å². The standard InChI is InChI=1S/C26H39N5O10/c1-41-18-22(32)27-20-4-2-19(3-5-20)12-21-13-30(16-25(37)38)9-8-28(14-23(33)34)6-7-29(15-24(35)36)10-11-31(21)17-26(39)40/h2-5,21H,6-18H2,1H3,(H,27,32)(H,33,34)(H,35,36)(H,37,38)(H,39,40). The van der Waals surface area contributed by atoms with Crippen LogP contribution in [-0.4, -0.2) is 162 Å². The Labute approximate surface area is 237 Å². The number of carbonyl (C=O) groups is 5. The molecule has 1 aliphatic heterocycles. The fourth-order valence-electron chi connectivity index (χ4n) is 4.68. The van der Waals surface area contributed by atoms with Crippen LogP contribution in [0, 0.1) is 0 Å². The van der Waals surface area contributed by atoms with Crippen LogP contribution in [-0.2, 0) is 35.1 Å². The molecule has 0 aromatic heterocycles. The molecule has 0 saturated carbocycles. The summed E-state index contributed by atoms with van der Waals surface area (Å²) in [5.41, 5.74) is 1.36. The van der Waals surface area contributed by atoms with Gasteiger partial charge in [-0.05, 0) is 24.1 Å². The summed E-state index contributed by atoms with van der Waals surface area (Å²) in [5, 5.41) is 40.7. The highest BCUT2D eigenvalue weighted by molar-refractivity contribution is 5.91. The topological polar surface area (TPSA) is 200 Å². The third-order valence-electron chi connectivity index (χ3n) is 6.55. The molecule has 1 heterocycles. The van der Waals surface area contributed by atoms with Crippen molar-refractivity contribution in [3.8, 4) is 0 Å². The van der Waals surface area contributed by atoms with E-state index in [-0.39, 0.29) is 84.5 Å². The van der Waals surface area contributed by atoms with Crippen molar-refractivity contribution < 1.29 is 49.1 Å². The summed E-state index contributed by atoms with van der Waals surface area (Å²) in [6, 6.07) is 6.49. The molecule has 1 atom stereocenters. The average molecular weight is 582 g/mol. The Hall–Kier alpha value is -3.63. The fourth-order valence-corrected chi connectivity index (χ4v) is 4.68. The number of carbonyl (C=O) groups excluding carboxylic acids is 1. The van der Waals surface area contributed by atoms with Gasteiger partial charge in [-0.15, -0.1) is 0 Å². The molecule has 1 unspecified atom stereocenters. The van der Waals surface area contributed by atoms with Gasteiger partial charge in [0.2, 0.25) is 5.91 Å². The lowest BCUT2D eigenvalue weighted by Gasteiger charge is -2.37. The van der Waals surface area contributed by atoms with Crippen LogP contribution in [0.15, 0.2) is 24.3 Å². The normalized spacial score (nSPS) is 18.6. The molecule has 2 rings (SSSR count). The minimum absolute atomic E-state index is 0.101. The number of anilines is 1. The highest BCUT2D eigenvalue weighted by Crippen LogP contribution is 2.16. The minimum Gasteiger partial charge on any atom is -0.480 e. The Morgan fingerprint density at radius 3 is 1.68 bits per heavy atom. The zero-order valence-electron chi connectivity index (χ0n) is 23.1. The van der Waals surface area contributed by atoms with Gasteiger partial charge in [-0.1, -0.05) is 12.1 Å². The van der Waals surface area contributed by atoms with Crippen LogP contribution in [0.2, 0.25) is 0 Å². The monoisotopic (exact) mass is 581 g/mol. The SMILES string of the molecule is COCC(=O)Nc1ccc(CC2CN(CC(=O)O)CCN(CC(=O)O)CCN(CC(=O)O)CCN2CC(=O)O)cc1. The van der Waals surface area contributed by atoms with Crippen molar-refractivity contribution in [1.29, 1.82) is 0 Å². The first-order valence-corrected chi connectivity index (χ1v) is 13.1. The Bertz CT molecular complexity index is 1040. The zero-order chi connectivity index (χ0) is 30.4. The summed E-state index contributed by atoms with van der Waals surface area (Å²) in [6.07, 6.45) is 0.341. The number of methoxy groups -OCH3 is 1. The van der Waals surface area contributed by atoms with E-state index < -0.39 is 29.9 Å². The third kappa shape index (κ3) is 13.5. The van der Waals surface area contributed by atoms with Gasteiger partial charge in [-0.2, -0.15) is 0 Å². The van der Waals surface area contributed by atoms with Crippen molar-refractivity contribution in [1.82, 2.24) is 19.6 Å². The molecule has 1 fully saturated rings. The van der Waals surface area contributed by atoms with Crippen molar-refractivity contribution in [2.45, 2.75) is 12.5 Å². The van der Waals surface area contributed by atoms with Gasteiger partial charge in [-0.3, -0.25) is 43.6 Å². The van der Waals surface area contributed by atoms with Gasteiger partial charge in [0.25, 0.3) is 0 Å². The van der Waals surface area contributed by atoms with Crippen molar-refractivity contribution in [2.24, 2.45) is 0 Å². The Kier molecular flexibility index (Phi) is 14.1. The summed E-state index contributed by atoms with van der Waals surface area (Å²) in [7, 11) is 1.41. The van der Waals surface area contributed by atoms with Gasteiger partial charge >= 0.3 is 23.9 Å². The molecule has 0 bridgehead atoms. The van der Waals surface area contributed by atoms with Gasteiger partial charge in [0, 0.05) is 64.7 Å². The minimum atomic E-state index is -1.08. The van der Waals surface area contributed by atoms with E-state index in [2.05, 4.69) is 5.32 Å². The lowest BCUT2D eigenvalue weighted by atomic mass is 10.0. The number of carboxylic acid groups (broad SMARTS) is 4. The molecule has 1 amide bonds. The summed E-state index contributed by atoms with van der Waals surface area (Å²) < 4.78 is 4.81. The number of aliphatic carboxylic acids is 4. The van der Waals surface area contributed by atoms with Crippen LogP contribution < -0.4 is 5.32 Å². The smallest absolute Gasteiger partial charge is 0.317 e. The Morgan fingerprint density at radius 1 is 0.732 bits per heavy atom. The molecule has 1 aromatic rings. The highest BCUT2D eigenvalue weighted by atomic mass is 16.5. The van der Waals surface area contributed by atoms with Crippen molar-refractivity contribution in [2.75, 3.05) is 91.0 Å². The van der Waals surface area contributed by atoms with Crippen molar-refractivity contribution in [3.05, 3.63) is 29.8 Å². The summed E-state index contributed by atoms with van der Waals surface area (Å²) in [4.78, 5) is 64.9. The number of nitrogens with zero attached hydrogens (tertiary/aromatic N) is 4. The average Bonchev–Trinajstić information content (AvgIpc) is 2.86. The van der Waals surface area contributed by atoms with Crippen LogP contribution in [0.5, 0.6) is 0 Å². The largest absolute Gasteiger partial charge is 0.480 e. The van der Waals surface area contributed by atoms with Crippen LogP contribution in [0.4, 0.5) is 5.69 Å². The second kappa shape index (κ2) is 17.2. The molecule has 15 heteroatoms. The molecule has 5 N–H and O–H groups in total. The molecule has 0 radical (unpaired) electrons. The van der Waals surface area contributed by atoms with E-state index in [1.54, 1.807) is 43.9 Å². The molecule has 15 nitrogen and oxygen atoms in total. The molecule has 1 aromatic carbocycles. The van der Waals surface area contributed by atoms with Crippen LogP contribution in [0.25, 0.3) is 0 Å². The van der Waals surface area contributed by atoms with Gasteiger partial charge < -0.3 is 30.5 Å². The molecule has 1 saturated heterocycles.